The fourth-order valence-electron chi connectivity index (χ4n) is 3.22. The van der Waals surface area contributed by atoms with Gasteiger partial charge in [-0.25, -0.2) is 0 Å². The first-order valence-corrected chi connectivity index (χ1v) is 10.0. The van der Waals surface area contributed by atoms with Gasteiger partial charge in [0.05, 0.1) is 12.1 Å². The van der Waals surface area contributed by atoms with Gasteiger partial charge in [-0.2, -0.15) is 5.10 Å². The van der Waals surface area contributed by atoms with Crippen LogP contribution < -0.4 is 10.1 Å². The molecule has 0 spiro atoms. The summed E-state index contributed by atoms with van der Waals surface area (Å²) in [6, 6.07) is 15.4. The smallest absolute Gasteiger partial charge is 0.278 e. The van der Waals surface area contributed by atoms with Gasteiger partial charge in [0.1, 0.15) is 18.1 Å². The van der Waals surface area contributed by atoms with Crippen molar-refractivity contribution in [1.29, 1.82) is 0 Å². The second-order valence-corrected chi connectivity index (χ2v) is 7.46. The molecule has 158 valence electrons. The lowest BCUT2D eigenvalue weighted by Gasteiger charge is -2.10. The summed E-state index contributed by atoms with van der Waals surface area (Å²) in [4.78, 5) is 12.9. The molecule has 2 aromatic carbocycles. The SMILES string of the molecule is Cc1ccc(OCc2c(C(=O)Nc3cccc(Cn4cccn4)c3)noc2C)cc1C. The summed E-state index contributed by atoms with van der Waals surface area (Å²) in [6.45, 7) is 6.67. The van der Waals surface area contributed by atoms with Crippen LogP contribution in [0.3, 0.4) is 0 Å². The molecule has 0 saturated carbocycles. The van der Waals surface area contributed by atoms with E-state index in [2.05, 4.69) is 22.5 Å². The van der Waals surface area contributed by atoms with E-state index >= 15 is 0 Å². The minimum Gasteiger partial charge on any atom is -0.489 e. The molecule has 31 heavy (non-hydrogen) atoms. The maximum atomic E-state index is 12.9. The first-order chi connectivity index (χ1) is 15.0. The summed E-state index contributed by atoms with van der Waals surface area (Å²) in [5, 5.41) is 11.1. The first kappa shape index (κ1) is 20.4. The Hall–Kier alpha value is -3.87. The summed E-state index contributed by atoms with van der Waals surface area (Å²) in [5.74, 6) is 0.953. The molecule has 1 N–H and O–H groups in total. The fourth-order valence-corrected chi connectivity index (χ4v) is 3.22. The summed E-state index contributed by atoms with van der Waals surface area (Å²) in [7, 11) is 0. The molecule has 0 unspecified atom stereocenters. The highest BCUT2D eigenvalue weighted by Crippen LogP contribution is 2.21. The van der Waals surface area contributed by atoms with Gasteiger partial charge in [-0.05, 0) is 67.8 Å². The molecule has 7 nitrogen and oxygen atoms in total. The number of carbonyl (C=O) groups excluding carboxylic acids is 1. The van der Waals surface area contributed by atoms with Crippen LogP contribution in [0.5, 0.6) is 5.75 Å². The monoisotopic (exact) mass is 416 g/mol. The molecule has 0 aliphatic heterocycles. The van der Waals surface area contributed by atoms with Crippen molar-refractivity contribution >= 4 is 11.6 Å². The van der Waals surface area contributed by atoms with Crippen molar-refractivity contribution in [3.05, 3.63) is 94.6 Å². The van der Waals surface area contributed by atoms with Crippen molar-refractivity contribution in [3.8, 4) is 5.75 Å². The Morgan fingerprint density at radius 2 is 1.97 bits per heavy atom. The van der Waals surface area contributed by atoms with Gasteiger partial charge in [0, 0.05) is 18.1 Å². The third kappa shape index (κ3) is 4.83. The van der Waals surface area contributed by atoms with Crippen molar-refractivity contribution in [3.63, 3.8) is 0 Å². The van der Waals surface area contributed by atoms with Crippen LogP contribution in [0.1, 0.15) is 38.5 Å². The largest absolute Gasteiger partial charge is 0.489 e. The third-order valence-corrected chi connectivity index (χ3v) is 5.15. The number of aromatic nitrogens is 3. The number of rotatable bonds is 7. The van der Waals surface area contributed by atoms with Crippen LogP contribution >= 0.6 is 0 Å². The summed E-state index contributed by atoms with van der Waals surface area (Å²) >= 11 is 0. The van der Waals surface area contributed by atoms with E-state index < -0.39 is 0 Å². The highest BCUT2D eigenvalue weighted by atomic mass is 16.5. The van der Waals surface area contributed by atoms with Crippen LogP contribution in [0.15, 0.2) is 65.4 Å². The van der Waals surface area contributed by atoms with Crippen molar-refractivity contribution < 1.29 is 14.1 Å². The molecule has 4 aromatic rings. The zero-order chi connectivity index (χ0) is 21.8. The topological polar surface area (TPSA) is 82.2 Å². The average molecular weight is 416 g/mol. The predicted molar refractivity (Wildman–Crippen MR) is 117 cm³/mol. The second-order valence-electron chi connectivity index (χ2n) is 7.46. The van der Waals surface area contributed by atoms with Crippen molar-refractivity contribution in [2.24, 2.45) is 0 Å². The van der Waals surface area contributed by atoms with Gasteiger partial charge < -0.3 is 14.6 Å². The van der Waals surface area contributed by atoms with Crippen LogP contribution in [0.2, 0.25) is 0 Å². The molecule has 0 aliphatic rings. The maximum absolute atomic E-state index is 12.9. The molecule has 0 aliphatic carbocycles. The predicted octanol–water partition coefficient (Wildman–Crippen LogP) is 4.68. The number of hydrogen-bond donors (Lipinski definition) is 1. The van der Waals surface area contributed by atoms with Crippen LogP contribution in [-0.2, 0) is 13.2 Å². The van der Waals surface area contributed by atoms with Gasteiger partial charge in [0.15, 0.2) is 5.69 Å². The second kappa shape index (κ2) is 8.87. The van der Waals surface area contributed by atoms with E-state index in [1.807, 2.05) is 66.3 Å². The van der Waals surface area contributed by atoms with Crippen molar-refractivity contribution in [2.45, 2.75) is 33.9 Å². The molecule has 0 saturated heterocycles. The van der Waals surface area contributed by atoms with Crippen LogP contribution in [-0.4, -0.2) is 20.8 Å². The standard InChI is InChI=1S/C24H24N4O3/c1-16-8-9-21(12-17(16)2)30-15-22-18(3)31-27-23(22)24(29)26-20-7-4-6-19(13-20)14-28-11-5-10-25-28/h4-13H,14-15H2,1-3H3,(H,26,29). The Balaban J connectivity index is 1.46. The number of nitrogens with one attached hydrogen (secondary N) is 1. The molecule has 2 heterocycles. The number of ether oxygens (including phenoxy) is 1. The lowest BCUT2D eigenvalue weighted by Crippen LogP contribution is -2.15. The first-order valence-electron chi connectivity index (χ1n) is 10.0. The Labute approximate surface area is 180 Å². The van der Waals surface area contributed by atoms with Gasteiger partial charge in [-0.3, -0.25) is 9.48 Å². The molecule has 0 bridgehead atoms. The number of aryl methyl sites for hydroxylation is 3. The van der Waals surface area contributed by atoms with E-state index in [4.69, 9.17) is 9.26 Å². The van der Waals surface area contributed by atoms with E-state index in [1.54, 1.807) is 13.1 Å². The van der Waals surface area contributed by atoms with Crippen LogP contribution in [0, 0.1) is 20.8 Å². The fraction of sp³-hybridized carbons (Fsp3) is 0.208. The lowest BCUT2D eigenvalue weighted by atomic mass is 10.1. The zero-order valence-corrected chi connectivity index (χ0v) is 17.8. The number of anilines is 1. The molecule has 0 radical (unpaired) electrons. The third-order valence-electron chi connectivity index (χ3n) is 5.15. The van der Waals surface area contributed by atoms with Crippen LogP contribution in [0.4, 0.5) is 5.69 Å². The molecule has 4 rings (SSSR count). The number of benzene rings is 2. The summed E-state index contributed by atoms with van der Waals surface area (Å²) in [6.07, 6.45) is 3.63. The Kier molecular flexibility index (Phi) is 5.84. The number of amides is 1. The average Bonchev–Trinajstić information content (AvgIpc) is 3.39. The molecule has 0 atom stereocenters. The van der Waals surface area contributed by atoms with E-state index in [-0.39, 0.29) is 18.2 Å². The number of hydrogen-bond acceptors (Lipinski definition) is 5. The zero-order valence-electron chi connectivity index (χ0n) is 17.8. The maximum Gasteiger partial charge on any atom is 0.278 e. The molecule has 2 aromatic heterocycles. The van der Waals surface area contributed by atoms with Gasteiger partial charge in [0.25, 0.3) is 5.91 Å². The highest BCUT2D eigenvalue weighted by molar-refractivity contribution is 6.03. The Morgan fingerprint density at radius 3 is 2.74 bits per heavy atom. The lowest BCUT2D eigenvalue weighted by molar-refractivity contribution is 0.101. The van der Waals surface area contributed by atoms with Crippen molar-refractivity contribution in [2.75, 3.05) is 5.32 Å². The number of nitrogens with zero attached hydrogens (tertiary/aromatic N) is 3. The summed E-state index contributed by atoms with van der Waals surface area (Å²) in [5.41, 5.74) is 4.89. The minimum atomic E-state index is -0.341. The Bertz CT molecular complexity index is 1200. The van der Waals surface area contributed by atoms with E-state index in [0.717, 1.165) is 16.9 Å². The molecular formula is C24H24N4O3. The van der Waals surface area contributed by atoms with Gasteiger partial charge in [-0.15, -0.1) is 0 Å². The van der Waals surface area contributed by atoms with Gasteiger partial charge in [-0.1, -0.05) is 23.4 Å². The highest BCUT2D eigenvalue weighted by Gasteiger charge is 2.21. The Morgan fingerprint density at radius 1 is 1.10 bits per heavy atom. The number of carbonyl (C=O) groups is 1. The van der Waals surface area contributed by atoms with Gasteiger partial charge >= 0.3 is 0 Å². The molecule has 7 heteroatoms. The van der Waals surface area contributed by atoms with E-state index in [1.165, 1.54) is 5.56 Å². The minimum absolute atomic E-state index is 0.194. The van der Waals surface area contributed by atoms with Gasteiger partial charge in [0.2, 0.25) is 0 Å². The van der Waals surface area contributed by atoms with E-state index in [9.17, 15) is 4.79 Å². The summed E-state index contributed by atoms with van der Waals surface area (Å²) < 4.78 is 13.0. The quantitative estimate of drug-likeness (QED) is 0.473. The normalized spacial score (nSPS) is 10.8. The van der Waals surface area contributed by atoms with Crippen LogP contribution in [0.25, 0.3) is 0 Å². The molecule has 0 fully saturated rings. The molecule has 1 amide bonds. The molecular weight excluding hydrogens is 392 g/mol. The van der Waals surface area contributed by atoms with Crippen molar-refractivity contribution in [1.82, 2.24) is 14.9 Å². The van der Waals surface area contributed by atoms with E-state index in [0.29, 0.717) is 23.6 Å².